The average Bonchev–Trinajstić information content (AvgIpc) is 2.59. The number of amides is 2. The molecule has 1 aromatic heterocycles. The van der Waals surface area contributed by atoms with Crippen molar-refractivity contribution in [3.8, 4) is 5.75 Å². The van der Waals surface area contributed by atoms with E-state index in [0.29, 0.717) is 27.3 Å². The number of anilines is 1. The molecule has 0 atom stereocenters. The first kappa shape index (κ1) is 20.7. The molecular formula is C18H18Cl2N4O3. The lowest BCUT2D eigenvalue weighted by Crippen LogP contribution is -2.26. The highest BCUT2D eigenvalue weighted by molar-refractivity contribution is 6.35. The zero-order valence-corrected chi connectivity index (χ0v) is 16.3. The Morgan fingerprint density at radius 3 is 2.67 bits per heavy atom. The number of carbonyl (C=O) groups is 2. The van der Waals surface area contributed by atoms with Crippen molar-refractivity contribution < 1.29 is 14.3 Å². The normalized spacial score (nSPS) is 11.0. The zero-order valence-electron chi connectivity index (χ0n) is 14.8. The van der Waals surface area contributed by atoms with Crippen molar-refractivity contribution in [1.82, 2.24) is 10.4 Å². The number of halogens is 2. The fraction of sp³-hybridized carbons (Fsp3) is 0.222. The maximum Gasteiger partial charge on any atom is 0.277 e. The summed E-state index contributed by atoms with van der Waals surface area (Å²) < 4.78 is 5.30. The van der Waals surface area contributed by atoms with E-state index < -0.39 is 5.91 Å². The van der Waals surface area contributed by atoms with Crippen LogP contribution in [0.5, 0.6) is 5.75 Å². The highest BCUT2D eigenvalue weighted by Crippen LogP contribution is 2.27. The van der Waals surface area contributed by atoms with Gasteiger partial charge in [-0.25, -0.2) is 10.4 Å². The summed E-state index contributed by atoms with van der Waals surface area (Å²) in [4.78, 5) is 27.8. The van der Waals surface area contributed by atoms with Crippen LogP contribution >= 0.6 is 23.2 Å². The fourth-order valence-corrected chi connectivity index (χ4v) is 2.45. The van der Waals surface area contributed by atoms with Gasteiger partial charge in [0.2, 0.25) is 5.91 Å². The minimum atomic E-state index is -0.485. The van der Waals surface area contributed by atoms with E-state index in [9.17, 15) is 9.59 Å². The molecule has 0 spiro atoms. The van der Waals surface area contributed by atoms with Crippen molar-refractivity contribution in [2.24, 2.45) is 5.10 Å². The number of hydrogen-bond acceptors (Lipinski definition) is 5. The number of rotatable bonds is 7. The molecule has 0 saturated heterocycles. The van der Waals surface area contributed by atoms with Gasteiger partial charge < -0.3 is 10.1 Å². The van der Waals surface area contributed by atoms with Crippen LogP contribution in [-0.4, -0.2) is 29.1 Å². The quantitative estimate of drug-likeness (QED) is 0.540. The van der Waals surface area contributed by atoms with Gasteiger partial charge >= 0.3 is 0 Å². The van der Waals surface area contributed by atoms with Crippen LogP contribution in [-0.2, 0) is 9.59 Å². The van der Waals surface area contributed by atoms with Gasteiger partial charge in [-0.2, -0.15) is 5.10 Å². The Morgan fingerprint density at radius 1 is 1.19 bits per heavy atom. The van der Waals surface area contributed by atoms with E-state index in [0.717, 1.165) is 5.56 Å². The molecule has 1 aromatic carbocycles. The van der Waals surface area contributed by atoms with Crippen LogP contribution in [0.2, 0.25) is 10.0 Å². The van der Waals surface area contributed by atoms with E-state index in [1.165, 1.54) is 6.07 Å². The summed E-state index contributed by atoms with van der Waals surface area (Å²) in [5.74, 6) is 0.0287. The monoisotopic (exact) mass is 408 g/mol. The molecule has 0 aliphatic heterocycles. The van der Waals surface area contributed by atoms with Crippen LogP contribution in [0.1, 0.15) is 18.9 Å². The Morgan fingerprint density at radius 2 is 1.96 bits per heavy atom. The predicted octanol–water partition coefficient (Wildman–Crippen LogP) is 3.60. The molecule has 0 fully saturated rings. The largest absolute Gasteiger partial charge is 0.482 e. The van der Waals surface area contributed by atoms with Gasteiger partial charge in [-0.3, -0.25) is 9.59 Å². The summed E-state index contributed by atoms with van der Waals surface area (Å²) >= 11 is 11.7. The maximum atomic E-state index is 12.0. The third-order valence-corrected chi connectivity index (χ3v) is 3.75. The van der Waals surface area contributed by atoms with Crippen LogP contribution in [0.15, 0.2) is 41.6 Å². The molecular weight excluding hydrogens is 391 g/mol. The van der Waals surface area contributed by atoms with Crippen molar-refractivity contribution >= 4 is 46.5 Å². The fourth-order valence-electron chi connectivity index (χ4n) is 1.99. The number of nitrogens with one attached hydrogen (secondary N) is 2. The van der Waals surface area contributed by atoms with Crippen molar-refractivity contribution in [3.05, 3.63) is 52.1 Å². The number of pyridine rings is 1. The molecule has 7 nitrogen and oxygen atoms in total. The van der Waals surface area contributed by atoms with Crippen molar-refractivity contribution in [1.29, 1.82) is 0 Å². The lowest BCUT2D eigenvalue weighted by molar-refractivity contribution is -0.123. The summed E-state index contributed by atoms with van der Waals surface area (Å²) in [5.41, 5.74) is 3.73. The van der Waals surface area contributed by atoms with Crippen molar-refractivity contribution in [2.75, 3.05) is 11.9 Å². The van der Waals surface area contributed by atoms with E-state index in [2.05, 4.69) is 20.8 Å². The third kappa shape index (κ3) is 7.24. The lowest BCUT2D eigenvalue weighted by Gasteiger charge is -2.08. The topological polar surface area (TPSA) is 92.7 Å². The van der Waals surface area contributed by atoms with E-state index in [4.69, 9.17) is 27.9 Å². The molecule has 142 valence electrons. The maximum absolute atomic E-state index is 12.0. The molecule has 0 aliphatic rings. The molecule has 1 heterocycles. The molecule has 0 saturated carbocycles. The lowest BCUT2D eigenvalue weighted by atomic mass is 10.2. The highest BCUT2D eigenvalue weighted by atomic mass is 35.5. The Balaban J connectivity index is 1.78. The second kappa shape index (κ2) is 9.89. The van der Waals surface area contributed by atoms with Crippen LogP contribution in [0.25, 0.3) is 0 Å². The first-order valence-corrected chi connectivity index (χ1v) is 8.71. The molecule has 0 bridgehead atoms. The van der Waals surface area contributed by atoms with Crippen LogP contribution in [0.3, 0.4) is 0 Å². The first-order valence-electron chi connectivity index (χ1n) is 7.96. The van der Waals surface area contributed by atoms with Gasteiger partial charge in [-0.15, -0.1) is 0 Å². The average molecular weight is 409 g/mol. The van der Waals surface area contributed by atoms with Gasteiger partial charge in [0.1, 0.15) is 11.6 Å². The van der Waals surface area contributed by atoms with Gasteiger partial charge in [0.15, 0.2) is 6.61 Å². The highest BCUT2D eigenvalue weighted by Gasteiger charge is 2.08. The molecule has 0 unspecified atom stereocenters. The number of hydrogen-bond donors (Lipinski definition) is 2. The van der Waals surface area contributed by atoms with E-state index in [1.807, 2.05) is 13.0 Å². The van der Waals surface area contributed by atoms with Crippen molar-refractivity contribution in [3.63, 3.8) is 0 Å². The molecule has 2 rings (SSSR count). The van der Waals surface area contributed by atoms with E-state index in [1.54, 1.807) is 31.3 Å². The Bertz CT molecular complexity index is 871. The zero-order chi connectivity index (χ0) is 19.8. The summed E-state index contributed by atoms with van der Waals surface area (Å²) in [5, 5.41) is 7.31. The number of benzene rings is 1. The molecule has 9 heteroatoms. The Labute approximate surface area is 166 Å². The SMILES string of the molecule is C/C(CC(=O)Nc1cc(C)ccn1)=N/NC(=O)COc1ccc(Cl)cc1Cl. The van der Waals surface area contributed by atoms with Gasteiger partial charge in [-0.05, 0) is 49.7 Å². The minimum Gasteiger partial charge on any atom is -0.482 e. The molecule has 2 amide bonds. The van der Waals surface area contributed by atoms with Crippen LogP contribution < -0.4 is 15.5 Å². The van der Waals surface area contributed by atoms with Crippen molar-refractivity contribution in [2.45, 2.75) is 20.3 Å². The Hall–Kier alpha value is -2.64. The first-order chi connectivity index (χ1) is 12.8. The standard InChI is InChI=1S/C18H18Cl2N4O3/c1-11-5-6-21-16(7-11)22-17(25)8-12(2)23-24-18(26)10-27-15-4-3-13(19)9-14(15)20/h3-7,9H,8,10H2,1-2H3,(H,24,26)(H,21,22,25)/b23-12-. The number of hydrazone groups is 1. The summed E-state index contributed by atoms with van der Waals surface area (Å²) in [6.45, 7) is 3.25. The number of ether oxygens (including phenoxy) is 1. The van der Waals surface area contributed by atoms with Gasteiger partial charge in [-0.1, -0.05) is 23.2 Å². The summed E-state index contributed by atoms with van der Waals surface area (Å²) in [6, 6.07) is 8.27. The predicted molar refractivity (Wildman–Crippen MR) is 105 cm³/mol. The molecule has 0 radical (unpaired) electrons. The van der Waals surface area contributed by atoms with Crippen LogP contribution in [0.4, 0.5) is 5.82 Å². The smallest absolute Gasteiger partial charge is 0.277 e. The van der Waals surface area contributed by atoms with E-state index in [-0.39, 0.29) is 18.9 Å². The van der Waals surface area contributed by atoms with Crippen LogP contribution in [0, 0.1) is 6.92 Å². The second-order valence-electron chi connectivity index (χ2n) is 5.69. The number of aryl methyl sites for hydroxylation is 1. The Kier molecular flexibility index (Phi) is 7.57. The molecule has 2 N–H and O–H groups in total. The summed E-state index contributed by atoms with van der Waals surface area (Å²) in [7, 11) is 0. The molecule has 2 aromatic rings. The number of nitrogens with zero attached hydrogens (tertiary/aromatic N) is 2. The van der Waals surface area contributed by atoms with Gasteiger partial charge in [0.05, 0.1) is 11.4 Å². The minimum absolute atomic E-state index is 0.0137. The summed E-state index contributed by atoms with van der Waals surface area (Å²) in [6.07, 6.45) is 1.62. The molecule has 0 aliphatic carbocycles. The number of carbonyl (C=O) groups excluding carboxylic acids is 2. The third-order valence-electron chi connectivity index (χ3n) is 3.22. The second-order valence-corrected chi connectivity index (χ2v) is 6.53. The van der Waals surface area contributed by atoms with Gasteiger partial charge in [0, 0.05) is 16.9 Å². The number of aromatic nitrogens is 1. The van der Waals surface area contributed by atoms with Gasteiger partial charge in [0.25, 0.3) is 5.91 Å². The van der Waals surface area contributed by atoms with E-state index >= 15 is 0 Å². The molecule has 27 heavy (non-hydrogen) atoms.